The predicted molar refractivity (Wildman–Crippen MR) is 85.9 cm³/mol. The van der Waals surface area contributed by atoms with Crippen LogP contribution in [0.2, 0.25) is 0 Å². The quantitative estimate of drug-likeness (QED) is 0.738. The smallest absolute Gasteiger partial charge is 0.316 e. The first-order valence-electron chi connectivity index (χ1n) is 7.50. The summed E-state index contributed by atoms with van der Waals surface area (Å²) < 4.78 is 5.11. The molecule has 126 valence electrons. The SMILES string of the molecule is NC(=O)N1CC=C[C@]1(C(N)=O)c1ccc(N2CCOCC2=O)cc1. The van der Waals surface area contributed by atoms with Crippen LogP contribution >= 0.6 is 0 Å². The highest BCUT2D eigenvalue weighted by atomic mass is 16.5. The molecule has 0 unspecified atom stereocenters. The molecule has 1 atom stereocenters. The lowest BCUT2D eigenvalue weighted by molar-refractivity contribution is -0.126. The molecule has 1 fully saturated rings. The molecule has 0 aromatic heterocycles. The Morgan fingerprint density at radius 2 is 1.88 bits per heavy atom. The summed E-state index contributed by atoms with van der Waals surface area (Å²) in [5, 5.41) is 0. The van der Waals surface area contributed by atoms with Crippen LogP contribution in [0.15, 0.2) is 36.4 Å². The molecule has 4 amide bonds. The summed E-state index contributed by atoms with van der Waals surface area (Å²) in [6.45, 7) is 1.19. The number of morpholine rings is 1. The summed E-state index contributed by atoms with van der Waals surface area (Å²) in [5.74, 6) is -0.816. The summed E-state index contributed by atoms with van der Waals surface area (Å²) in [7, 11) is 0. The van der Waals surface area contributed by atoms with E-state index in [0.29, 0.717) is 24.4 Å². The van der Waals surface area contributed by atoms with Crippen LogP contribution in [0.25, 0.3) is 0 Å². The monoisotopic (exact) mass is 330 g/mol. The van der Waals surface area contributed by atoms with Gasteiger partial charge in [0.2, 0.25) is 0 Å². The summed E-state index contributed by atoms with van der Waals surface area (Å²) in [4.78, 5) is 38.5. The van der Waals surface area contributed by atoms with E-state index in [1.165, 1.54) is 4.90 Å². The third kappa shape index (κ3) is 2.41. The van der Waals surface area contributed by atoms with Crippen molar-refractivity contribution in [1.82, 2.24) is 4.90 Å². The maximum atomic E-state index is 12.1. The number of carbonyl (C=O) groups excluding carboxylic acids is 3. The van der Waals surface area contributed by atoms with Crippen LogP contribution in [0.5, 0.6) is 0 Å². The number of rotatable bonds is 3. The minimum Gasteiger partial charge on any atom is -0.370 e. The fourth-order valence-electron chi connectivity index (χ4n) is 3.12. The Labute approximate surface area is 138 Å². The highest BCUT2D eigenvalue weighted by molar-refractivity contribution is 5.96. The third-order valence-corrected chi connectivity index (χ3v) is 4.32. The van der Waals surface area contributed by atoms with Gasteiger partial charge in [0.1, 0.15) is 6.61 Å². The maximum Gasteiger partial charge on any atom is 0.316 e. The maximum absolute atomic E-state index is 12.1. The lowest BCUT2D eigenvalue weighted by Gasteiger charge is -2.35. The fraction of sp³-hybridized carbons (Fsp3) is 0.312. The van der Waals surface area contributed by atoms with Gasteiger partial charge in [0.05, 0.1) is 6.61 Å². The summed E-state index contributed by atoms with van der Waals surface area (Å²) in [6, 6.07) is 6.05. The van der Waals surface area contributed by atoms with Gasteiger partial charge in [-0.1, -0.05) is 18.2 Å². The molecule has 1 saturated heterocycles. The number of carbonyl (C=O) groups is 3. The molecule has 2 aliphatic heterocycles. The van der Waals surface area contributed by atoms with Gasteiger partial charge in [-0.3, -0.25) is 14.5 Å². The molecule has 4 N–H and O–H groups in total. The van der Waals surface area contributed by atoms with Gasteiger partial charge in [0, 0.05) is 18.8 Å². The topological polar surface area (TPSA) is 119 Å². The lowest BCUT2D eigenvalue weighted by atomic mass is 9.88. The molecule has 2 heterocycles. The summed E-state index contributed by atoms with van der Waals surface area (Å²) in [6.07, 6.45) is 3.25. The number of hydrogen-bond donors (Lipinski definition) is 2. The third-order valence-electron chi connectivity index (χ3n) is 4.32. The van der Waals surface area contributed by atoms with Crippen LogP contribution in [-0.2, 0) is 19.9 Å². The lowest BCUT2D eigenvalue weighted by Crippen LogP contribution is -2.55. The second-order valence-electron chi connectivity index (χ2n) is 5.63. The van der Waals surface area contributed by atoms with Crippen molar-refractivity contribution in [1.29, 1.82) is 0 Å². The number of anilines is 1. The van der Waals surface area contributed by atoms with E-state index in [-0.39, 0.29) is 19.1 Å². The minimum atomic E-state index is -1.40. The van der Waals surface area contributed by atoms with E-state index in [1.807, 2.05) is 0 Å². The first-order chi connectivity index (χ1) is 11.5. The highest BCUT2D eigenvalue weighted by Crippen LogP contribution is 2.35. The fourth-order valence-corrected chi connectivity index (χ4v) is 3.12. The Balaban J connectivity index is 1.96. The number of ether oxygens (including phenoxy) is 1. The molecule has 1 aromatic rings. The molecular weight excluding hydrogens is 312 g/mol. The minimum absolute atomic E-state index is 0.0468. The van der Waals surface area contributed by atoms with Gasteiger partial charge in [-0.25, -0.2) is 4.79 Å². The Kier molecular flexibility index (Phi) is 3.98. The Morgan fingerprint density at radius 1 is 1.17 bits per heavy atom. The molecule has 2 aliphatic rings. The van der Waals surface area contributed by atoms with Crippen molar-refractivity contribution in [2.45, 2.75) is 5.54 Å². The molecule has 1 aromatic carbocycles. The van der Waals surface area contributed by atoms with Crippen molar-refractivity contribution >= 4 is 23.5 Å². The van der Waals surface area contributed by atoms with Gasteiger partial charge in [0.15, 0.2) is 5.54 Å². The highest BCUT2D eigenvalue weighted by Gasteiger charge is 2.46. The van der Waals surface area contributed by atoms with Crippen LogP contribution in [0, 0.1) is 0 Å². The first kappa shape index (κ1) is 16.0. The second kappa shape index (κ2) is 5.97. The molecule has 0 aliphatic carbocycles. The van der Waals surface area contributed by atoms with Gasteiger partial charge in [0.25, 0.3) is 11.8 Å². The van der Waals surface area contributed by atoms with Crippen molar-refractivity contribution in [2.24, 2.45) is 11.5 Å². The largest absolute Gasteiger partial charge is 0.370 e. The molecule has 8 heteroatoms. The van der Waals surface area contributed by atoms with E-state index in [9.17, 15) is 14.4 Å². The van der Waals surface area contributed by atoms with Crippen molar-refractivity contribution < 1.29 is 19.1 Å². The number of primary amides is 2. The van der Waals surface area contributed by atoms with Crippen molar-refractivity contribution in [3.05, 3.63) is 42.0 Å². The van der Waals surface area contributed by atoms with Gasteiger partial charge in [-0.15, -0.1) is 0 Å². The standard InChI is InChI=1S/C16H18N4O4/c17-14(22)16(6-1-7-20(16)15(18)23)11-2-4-12(5-3-11)19-8-9-24-10-13(19)21/h1-6H,7-10H2,(H2,17,22)(H2,18,23)/t16-/m1/s1. The summed E-state index contributed by atoms with van der Waals surface area (Å²) in [5.41, 5.74) is 10.8. The molecule has 0 saturated carbocycles. The second-order valence-corrected chi connectivity index (χ2v) is 5.63. The van der Waals surface area contributed by atoms with Crippen LogP contribution in [0.4, 0.5) is 10.5 Å². The van der Waals surface area contributed by atoms with E-state index in [4.69, 9.17) is 16.2 Å². The zero-order chi connectivity index (χ0) is 17.3. The zero-order valence-electron chi connectivity index (χ0n) is 13.0. The molecule has 3 rings (SSSR count). The van der Waals surface area contributed by atoms with Crippen molar-refractivity contribution in [3.8, 4) is 0 Å². The van der Waals surface area contributed by atoms with Gasteiger partial charge >= 0.3 is 6.03 Å². The van der Waals surface area contributed by atoms with Gasteiger partial charge in [-0.05, 0) is 23.8 Å². The van der Waals surface area contributed by atoms with Gasteiger partial charge < -0.3 is 21.1 Å². The number of benzene rings is 1. The van der Waals surface area contributed by atoms with Crippen LogP contribution < -0.4 is 16.4 Å². The number of hydrogen-bond acceptors (Lipinski definition) is 4. The van der Waals surface area contributed by atoms with E-state index in [0.717, 1.165) is 0 Å². The summed E-state index contributed by atoms with van der Waals surface area (Å²) >= 11 is 0. The molecule has 0 spiro atoms. The zero-order valence-corrected chi connectivity index (χ0v) is 13.0. The number of amides is 4. The van der Waals surface area contributed by atoms with Crippen molar-refractivity contribution in [3.63, 3.8) is 0 Å². The molecular formula is C16H18N4O4. The van der Waals surface area contributed by atoms with E-state index in [1.54, 1.807) is 41.3 Å². The van der Waals surface area contributed by atoms with E-state index >= 15 is 0 Å². The number of nitrogens with two attached hydrogens (primary N) is 2. The normalized spacial score (nSPS) is 23.6. The predicted octanol–water partition coefficient (Wildman–Crippen LogP) is -0.319. The average molecular weight is 330 g/mol. The Bertz CT molecular complexity index is 715. The molecule has 8 nitrogen and oxygen atoms in total. The van der Waals surface area contributed by atoms with Crippen LogP contribution in [0.3, 0.4) is 0 Å². The number of nitrogens with zero attached hydrogens (tertiary/aromatic N) is 2. The molecule has 0 bridgehead atoms. The number of urea groups is 1. The van der Waals surface area contributed by atoms with Crippen LogP contribution in [-0.4, -0.2) is 49.0 Å². The Hall–Kier alpha value is -2.87. The Morgan fingerprint density at radius 3 is 2.46 bits per heavy atom. The molecule has 0 radical (unpaired) electrons. The first-order valence-corrected chi connectivity index (χ1v) is 7.50. The van der Waals surface area contributed by atoms with Crippen molar-refractivity contribution in [2.75, 3.05) is 31.2 Å². The van der Waals surface area contributed by atoms with E-state index < -0.39 is 17.5 Å². The van der Waals surface area contributed by atoms with Crippen LogP contribution in [0.1, 0.15) is 5.56 Å². The van der Waals surface area contributed by atoms with E-state index in [2.05, 4.69) is 0 Å². The average Bonchev–Trinajstić information content (AvgIpc) is 3.02. The molecule has 24 heavy (non-hydrogen) atoms. The van der Waals surface area contributed by atoms with Gasteiger partial charge in [-0.2, -0.15) is 0 Å².